The number of nitrogens with zero attached hydrogens (tertiary/aromatic N) is 2. The Balaban J connectivity index is 1.83. The van der Waals surface area contributed by atoms with Crippen molar-refractivity contribution >= 4 is 5.91 Å². The lowest BCUT2D eigenvalue weighted by Gasteiger charge is -2.25. The molecule has 23 heavy (non-hydrogen) atoms. The summed E-state index contributed by atoms with van der Waals surface area (Å²) in [5.74, 6) is 1.02. The lowest BCUT2D eigenvalue weighted by atomic mass is 10.1. The van der Waals surface area contributed by atoms with Gasteiger partial charge in [0, 0.05) is 39.7 Å². The van der Waals surface area contributed by atoms with Gasteiger partial charge in [0.1, 0.15) is 5.75 Å². The molecule has 0 aliphatic carbocycles. The summed E-state index contributed by atoms with van der Waals surface area (Å²) in [6.45, 7) is 1.69. The van der Waals surface area contributed by atoms with Crippen LogP contribution in [-0.4, -0.2) is 69.3 Å². The third kappa shape index (κ3) is 4.69. The Morgan fingerprint density at radius 2 is 2.09 bits per heavy atom. The van der Waals surface area contributed by atoms with E-state index in [1.807, 2.05) is 36.2 Å². The quantitative estimate of drug-likeness (QED) is 0.768. The van der Waals surface area contributed by atoms with E-state index in [1.54, 1.807) is 14.2 Å². The van der Waals surface area contributed by atoms with Gasteiger partial charge in [0.25, 0.3) is 0 Å². The second-order valence-corrected chi connectivity index (χ2v) is 6.27. The topological polar surface area (TPSA) is 42.0 Å². The van der Waals surface area contributed by atoms with Crippen LogP contribution in [0.4, 0.5) is 0 Å². The Labute approximate surface area is 139 Å². The van der Waals surface area contributed by atoms with Gasteiger partial charge in [-0.1, -0.05) is 18.2 Å². The SMILES string of the molecule is COc1ccccc1CCC(=O)N(C)C[C@@H]1C[C@H](OC)CN1C. The molecule has 1 aromatic carbocycles. The molecule has 1 saturated heterocycles. The second kappa shape index (κ2) is 8.31. The molecule has 5 nitrogen and oxygen atoms in total. The Hall–Kier alpha value is -1.59. The highest BCUT2D eigenvalue weighted by Crippen LogP contribution is 2.21. The Morgan fingerprint density at radius 1 is 1.35 bits per heavy atom. The minimum atomic E-state index is 0.171. The third-order valence-electron chi connectivity index (χ3n) is 4.69. The number of ether oxygens (including phenoxy) is 2. The minimum Gasteiger partial charge on any atom is -0.496 e. The number of hydrogen-bond acceptors (Lipinski definition) is 4. The third-order valence-corrected chi connectivity index (χ3v) is 4.69. The first-order valence-electron chi connectivity index (χ1n) is 8.14. The summed E-state index contributed by atoms with van der Waals surface area (Å²) in [6, 6.07) is 8.24. The fraction of sp³-hybridized carbons (Fsp3) is 0.611. The number of carbonyl (C=O) groups excluding carboxylic acids is 1. The molecule has 5 heteroatoms. The first-order chi connectivity index (χ1) is 11.0. The minimum absolute atomic E-state index is 0.171. The number of para-hydroxylation sites is 1. The molecule has 1 aromatic rings. The summed E-state index contributed by atoms with van der Waals surface area (Å²) < 4.78 is 10.8. The molecular formula is C18H28N2O3. The van der Waals surface area contributed by atoms with Crippen LogP contribution < -0.4 is 4.74 Å². The molecule has 0 saturated carbocycles. The number of amides is 1. The first kappa shape index (κ1) is 17.8. The maximum Gasteiger partial charge on any atom is 0.222 e. The maximum absolute atomic E-state index is 12.4. The van der Waals surface area contributed by atoms with Gasteiger partial charge in [-0.15, -0.1) is 0 Å². The van der Waals surface area contributed by atoms with Gasteiger partial charge in [0.2, 0.25) is 5.91 Å². The zero-order valence-corrected chi connectivity index (χ0v) is 14.6. The van der Waals surface area contributed by atoms with Crippen LogP contribution >= 0.6 is 0 Å². The lowest BCUT2D eigenvalue weighted by Crippen LogP contribution is -2.39. The smallest absolute Gasteiger partial charge is 0.222 e. The zero-order chi connectivity index (χ0) is 16.8. The number of likely N-dealkylation sites (tertiary alicyclic amines) is 1. The van der Waals surface area contributed by atoms with Crippen LogP contribution in [-0.2, 0) is 16.0 Å². The largest absolute Gasteiger partial charge is 0.496 e. The molecule has 1 amide bonds. The van der Waals surface area contributed by atoms with Gasteiger partial charge in [0.05, 0.1) is 13.2 Å². The fourth-order valence-electron chi connectivity index (χ4n) is 3.17. The molecule has 0 bridgehead atoms. The molecule has 128 valence electrons. The van der Waals surface area contributed by atoms with Gasteiger partial charge >= 0.3 is 0 Å². The highest BCUT2D eigenvalue weighted by atomic mass is 16.5. The first-order valence-corrected chi connectivity index (χ1v) is 8.14. The molecule has 0 aromatic heterocycles. The highest BCUT2D eigenvalue weighted by Gasteiger charge is 2.30. The van der Waals surface area contributed by atoms with Crippen molar-refractivity contribution in [3.8, 4) is 5.75 Å². The summed E-state index contributed by atoms with van der Waals surface area (Å²) in [5, 5.41) is 0. The summed E-state index contributed by atoms with van der Waals surface area (Å²) in [7, 11) is 7.40. The summed E-state index contributed by atoms with van der Waals surface area (Å²) >= 11 is 0. The van der Waals surface area contributed by atoms with Crippen molar-refractivity contribution in [1.29, 1.82) is 0 Å². The van der Waals surface area contributed by atoms with Crippen molar-refractivity contribution in [2.24, 2.45) is 0 Å². The molecule has 0 radical (unpaired) electrons. The predicted octanol–water partition coefficient (Wildman–Crippen LogP) is 1.81. The summed E-state index contributed by atoms with van der Waals surface area (Å²) in [6.07, 6.45) is 2.47. The van der Waals surface area contributed by atoms with Crippen LogP contribution in [0.2, 0.25) is 0 Å². The van der Waals surface area contributed by atoms with Gasteiger partial charge in [0.15, 0.2) is 0 Å². The predicted molar refractivity (Wildman–Crippen MR) is 90.8 cm³/mol. The van der Waals surface area contributed by atoms with E-state index in [9.17, 15) is 4.79 Å². The van der Waals surface area contributed by atoms with E-state index in [0.29, 0.717) is 18.9 Å². The van der Waals surface area contributed by atoms with Gasteiger partial charge in [-0.3, -0.25) is 9.69 Å². The Morgan fingerprint density at radius 3 is 2.74 bits per heavy atom. The van der Waals surface area contributed by atoms with Crippen molar-refractivity contribution in [2.75, 3.05) is 41.4 Å². The molecule has 0 N–H and O–H groups in total. The highest BCUT2D eigenvalue weighted by molar-refractivity contribution is 5.76. The number of carbonyl (C=O) groups is 1. The standard InChI is InChI=1S/C18H28N2O3/c1-19-13-16(22-3)11-15(19)12-20(2)18(21)10-9-14-7-5-6-8-17(14)23-4/h5-8,15-16H,9-13H2,1-4H3/t15-,16-/m0/s1. The van der Waals surface area contributed by atoms with Gasteiger partial charge in [-0.05, 0) is 31.5 Å². The molecule has 0 spiro atoms. The van der Waals surface area contributed by atoms with Crippen molar-refractivity contribution in [3.05, 3.63) is 29.8 Å². The number of aryl methyl sites for hydroxylation is 1. The van der Waals surface area contributed by atoms with Gasteiger partial charge in [-0.25, -0.2) is 0 Å². The number of likely N-dealkylation sites (N-methyl/N-ethyl adjacent to an activating group) is 2. The lowest BCUT2D eigenvalue weighted by molar-refractivity contribution is -0.130. The molecular weight excluding hydrogens is 292 g/mol. The van der Waals surface area contributed by atoms with Crippen molar-refractivity contribution in [1.82, 2.24) is 9.80 Å². The van der Waals surface area contributed by atoms with Crippen molar-refractivity contribution in [2.45, 2.75) is 31.4 Å². The second-order valence-electron chi connectivity index (χ2n) is 6.27. The average molecular weight is 320 g/mol. The fourth-order valence-corrected chi connectivity index (χ4v) is 3.17. The molecule has 2 atom stereocenters. The molecule has 2 rings (SSSR count). The van der Waals surface area contributed by atoms with Crippen LogP contribution in [0, 0.1) is 0 Å². The van der Waals surface area contributed by atoms with E-state index >= 15 is 0 Å². The van der Waals surface area contributed by atoms with Crippen LogP contribution in [0.1, 0.15) is 18.4 Å². The van der Waals surface area contributed by atoms with Gasteiger partial charge < -0.3 is 14.4 Å². The van der Waals surface area contributed by atoms with E-state index in [2.05, 4.69) is 11.9 Å². The van der Waals surface area contributed by atoms with E-state index in [4.69, 9.17) is 9.47 Å². The number of benzene rings is 1. The molecule has 1 heterocycles. The monoisotopic (exact) mass is 320 g/mol. The number of methoxy groups -OCH3 is 2. The van der Waals surface area contributed by atoms with Crippen LogP contribution in [0.5, 0.6) is 5.75 Å². The summed E-state index contributed by atoms with van der Waals surface area (Å²) in [4.78, 5) is 16.5. The number of hydrogen-bond donors (Lipinski definition) is 0. The number of rotatable bonds is 7. The maximum atomic E-state index is 12.4. The van der Waals surface area contributed by atoms with E-state index < -0.39 is 0 Å². The molecule has 1 aliphatic rings. The van der Waals surface area contributed by atoms with Crippen LogP contribution in [0.3, 0.4) is 0 Å². The summed E-state index contributed by atoms with van der Waals surface area (Å²) in [5.41, 5.74) is 1.08. The van der Waals surface area contributed by atoms with Crippen LogP contribution in [0.25, 0.3) is 0 Å². The molecule has 1 fully saturated rings. The molecule has 0 unspecified atom stereocenters. The molecule has 1 aliphatic heterocycles. The zero-order valence-electron chi connectivity index (χ0n) is 14.6. The van der Waals surface area contributed by atoms with Crippen molar-refractivity contribution in [3.63, 3.8) is 0 Å². The van der Waals surface area contributed by atoms with E-state index in [-0.39, 0.29) is 12.0 Å². The average Bonchev–Trinajstić information content (AvgIpc) is 2.92. The Bertz CT molecular complexity index is 521. The normalized spacial score (nSPS) is 21.4. The van der Waals surface area contributed by atoms with E-state index in [1.165, 1.54) is 0 Å². The Kier molecular flexibility index (Phi) is 6.42. The van der Waals surface area contributed by atoms with Crippen LogP contribution in [0.15, 0.2) is 24.3 Å². The van der Waals surface area contributed by atoms with Crippen molar-refractivity contribution < 1.29 is 14.3 Å². The van der Waals surface area contributed by atoms with E-state index in [0.717, 1.165) is 30.8 Å². The van der Waals surface area contributed by atoms with Gasteiger partial charge in [-0.2, -0.15) is 0 Å².